The molecule has 2 rings (SSSR count). The fraction of sp³-hybridized carbons (Fsp3) is 0.571. The zero-order valence-electron chi connectivity index (χ0n) is 12.0. The molecule has 0 aliphatic carbocycles. The van der Waals surface area contributed by atoms with Crippen LogP contribution in [0, 0.1) is 0 Å². The zero-order valence-corrected chi connectivity index (χ0v) is 16.0. The van der Waals surface area contributed by atoms with E-state index in [1.165, 1.54) is 0 Å². The van der Waals surface area contributed by atoms with E-state index < -0.39 is 9.84 Å². The first-order valence-electron chi connectivity index (χ1n) is 6.85. The molecule has 1 aromatic rings. The van der Waals surface area contributed by atoms with Crippen LogP contribution in [0.2, 0.25) is 0 Å². The van der Waals surface area contributed by atoms with Crippen LogP contribution in [-0.4, -0.2) is 32.1 Å². The van der Waals surface area contributed by atoms with Crippen molar-refractivity contribution in [2.45, 2.75) is 39.0 Å². The second kappa shape index (κ2) is 6.98. The van der Waals surface area contributed by atoms with Crippen molar-refractivity contribution in [2.75, 3.05) is 11.5 Å². The minimum absolute atomic E-state index is 0.0997. The zero-order chi connectivity index (χ0) is 15.6. The van der Waals surface area contributed by atoms with Gasteiger partial charge >= 0.3 is 0 Å². The first-order valence-corrected chi connectivity index (χ1v) is 10.3. The van der Waals surface area contributed by atoms with Gasteiger partial charge in [-0.05, 0) is 56.0 Å². The average Bonchev–Trinajstić information content (AvgIpc) is 2.71. The van der Waals surface area contributed by atoms with Gasteiger partial charge in [-0.3, -0.25) is 0 Å². The molecule has 1 N–H and O–H groups in total. The lowest BCUT2D eigenvalue weighted by molar-refractivity contribution is 0.226. The minimum atomic E-state index is -2.93. The Labute approximate surface area is 142 Å². The molecule has 0 amide bonds. The number of nitrogens with one attached hydrogen (secondary N) is 1. The summed E-state index contributed by atoms with van der Waals surface area (Å²) in [5.41, 5.74) is 1.13. The Kier molecular flexibility index (Phi) is 5.73. The van der Waals surface area contributed by atoms with Crippen LogP contribution in [0.15, 0.2) is 21.1 Å². The first-order chi connectivity index (χ1) is 9.77. The largest absolute Gasteiger partial charge is 0.487 e. The van der Waals surface area contributed by atoms with Gasteiger partial charge < -0.3 is 10.1 Å². The molecular formula is C14H19Br2NO3S. The fourth-order valence-electron chi connectivity index (χ4n) is 2.17. The highest BCUT2D eigenvalue weighted by Gasteiger charge is 2.30. The molecule has 118 valence electrons. The van der Waals surface area contributed by atoms with E-state index in [1.807, 2.05) is 12.1 Å². The molecule has 21 heavy (non-hydrogen) atoms. The van der Waals surface area contributed by atoms with Crippen molar-refractivity contribution >= 4 is 41.7 Å². The molecule has 1 unspecified atom stereocenters. The Morgan fingerprint density at radius 1 is 1.33 bits per heavy atom. The second-order valence-electron chi connectivity index (χ2n) is 5.57. The molecule has 1 aliphatic heterocycles. The lowest BCUT2D eigenvalue weighted by atomic mass is 10.2. The van der Waals surface area contributed by atoms with Gasteiger partial charge in [-0.1, -0.05) is 13.8 Å². The Bertz CT molecular complexity index is 594. The van der Waals surface area contributed by atoms with E-state index in [4.69, 9.17) is 4.74 Å². The van der Waals surface area contributed by atoms with Crippen LogP contribution >= 0.6 is 31.9 Å². The van der Waals surface area contributed by atoms with Crippen LogP contribution in [-0.2, 0) is 16.4 Å². The summed E-state index contributed by atoms with van der Waals surface area (Å²) in [7, 11) is -2.93. The number of hydrogen-bond donors (Lipinski definition) is 1. The van der Waals surface area contributed by atoms with Crippen LogP contribution in [0.4, 0.5) is 0 Å². The topological polar surface area (TPSA) is 55.4 Å². The van der Waals surface area contributed by atoms with E-state index in [0.29, 0.717) is 18.2 Å². The molecule has 1 atom stereocenters. The van der Waals surface area contributed by atoms with Crippen LogP contribution in [0.5, 0.6) is 5.75 Å². The SMILES string of the molecule is CC(C)NCc1cc(Br)c(OC2CCS(=O)(=O)C2)c(Br)c1. The van der Waals surface area contributed by atoms with Crippen molar-refractivity contribution in [3.05, 3.63) is 26.6 Å². The normalized spacial score (nSPS) is 20.9. The highest BCUT2D eigenvalue weighted by molar-refractivity contribution is 9.11. The highest BCUT2D eigenvalue weighted by atomic mass is 79.9. The fourth-order valence-corrected chi connectivity index (χ4v) is 5.23. The van der Waals surface area contributed by atoms with Crippen molar-refractivity contribution in [1.82, 2.24) is 5.32 Å². The summed E-state index contributed by atoms with van der Waals surface area (Å²) in [4.78, 5) is 0. The molecule has 0 spiro atoms. The summed E-state index contributed by atoms with van der Waals surface area (Å²) in [6, 6.07) is 4.42. The van der Waals surface area contributed by atoms with Crippen molar-refractivity contribution < 1.29 is 13.2 Å². The Morgan fingerprint density at radius 2 is 1.95 bits per heavy atom. The van der Waals surface area contributed by atoms with Crippen molar-refractivity contribution in [3.63, 3.8) is 0 Å². The highest BCUT2D eigenvalue weighted by Crippen LogP contribution is 2.36. The van der Waals surface area contributed by atoms with Gasteiger partial charge in [0.05, 0.1) is 20.5 Å². The molecule has 0 saturated carbocycles. The third-order valence-corrected chi connectivity index (χ3v) is 6.16. The van der Waals surface area contributed by atoms with Gasteiger partial charge in [0.25, 0.3) is 0 Å². The Hall–Kier alpha value is -0.110. The first kappa shape index (κ1) is 17.2. The van der Waals surface area contributed by atoms with Gasteiger partial charge in [-0.25, -0.2) is 8.42 Å². The van der Waals surface area contributed by atoms with Crippen LogP contribution in [0.1, 0.15) is 25.8 Å². The number of rotatable bonds is 5. The Morgan fingerprint density at radius 3 is 2.43 bits per heavy atom. The summed E-state index contributed by atoms with van der Waals surface area (Å²) in [6.45, 7) is 4.97. The van der Waals surface area contributed by atoms with Gasteiger partial charge in [0.15, 0.2) is 9.84 Å². The van der Waals surface area contributed by atoms with Crippen molar-refractivity contribution in [1.29, 1.82) is 0 Å². The predicted molar refractivity (Wildman–Crippen MR) is 91.5 cm³/mol. The molecular weight excluding hydrogens is 422 g/mol. The maximum atomic E-state index is 11.5. The molecule has 0 aromatic heterocycles. The third-order valence-electron chi connectivity index (χ3n) is 3.25. The summed E-state index contributed by atoms with van der Waals surface area (Å²) in [5, 5.41) is 3.36. The maximum Gasteiger partial charge on any atom is 0.154 e. The van der Waals surface area contributed by atoms with Crippen LogP contribution in [0.3, 0.4) is 0 Å². The van der Waals surface area contributed by atoms with Crippen molar-refractivity contribution in [2.24, 2.45) is 0 Å². The van der Waals surface area contributed by atoms with E-state index in [9.17, 15) is 8.42 Å². The summed E-state index contributed by atoms with van der Waals surface area (Å²) in [5.74, 6) is 0.983. The molecule has 0 bridgehead atoms. The summed E-state index contributed by atoms with van der Waals surface area (Å²) >= 11 is 7.02. The minimum Gasteiger partial charge on any atom is -0.487 e. The van der Waals surface area contributed by atoms with Gasteiger partial charge in [0.2, 0.25) is 0 Å². The number of halogens is 2. The van der Waals surface area contributed by atoms with Gasteiger partial charge in [0.1, 0.15) is 11.9 Å². The summed E-state index contributed by atoms with van der Waals surface area (Å²) < 4.78 is 30.5. The van der Waals surface area contributed by atoms with E-state index >= 15 is 0 Å². The Balaban J connectivity index is 2.10. The number of ether oxygens (including phenoxy) is 1. The van der Waals surface area contributed by atoms with E-state index in [2.05, 4.69) is 51.0 Å². The van der Waals surface area contributed by atoms with Crippen LogP contribution in [0.25, 0.3) is 0 Å². The van der Waals surface area contributed by atoms with E-state index in [1.54, 1.807) is 0 Å². The van der Waals surface area contributed by atoms with Gasteiger partial charge in [0, 0.05) is 12.6 Å². The number of sulfone groups is 1. The maximum absolute atomic E-state index is 11.5. The molecule has 1 aliphatic rings. The lowest BCUT2D eigenvalue weighted by Crippen LogP contribution is -2.22. The molecule has 7 heteroatoms. The quantitative estimate of drug-likeness (QED) is 0.763. The molecule has 1 saturated heterocycles. The number of hydrogen-bond acceptors (Lipinski definition) is 4. The average molecular weight is 441 g/mol. The molecule has 1 heterocycles. The van der Waals surface area contributed by atoms with Crippen LogP contribution < -0.4 is 10.1 Å². The van der Waals surface area contributed by atoms with E-state index in [0.717, 1.165) is 21.1 Å². The smallest absolute Gasteiger partial charge is 0.154 e. The molecule has 0 radical (unpaired) electrons. The third kappa shape index (κ3) is 4.94. The second-order valence-corrected chi connectivity index (χ2v) is 9.50. The van der Waals surface area contributed by atoms with Crippen molar-refractivity contribution in [3.8, 4) is 5.75 Å². The summed E-state index contributed by atoms with van der Waals surface area (Å²) in [6.07, 6.45) is 0.292. The van der Waals surface area contributed by atoms with E-state index in [-0.39, 0.29) is 17.6 Å². The molecule has 1 fully saturated rings. The standard InChI is InChI=1S/C14H19Br2NO3S/c1-9(2)17-7-10-5-12(15)14(13(16)6-10)20-11-3-4-21(18,19)8-11/h5-6,9,11,17H,3-4,7-8H2,1-2H3. The molecule has 4 nitrogen and oxygen atoms in total. The van der Waals surface area contributed by atoms with Gasteiger partial charge in [-0.15, -0.1) is 0 Å². The lowest BCUT2D eigenvalue weighted by Gasteiger charge is -2.17. The number of benzene rings is 1. The monoisotopic (exact) mass is 439 g/mol. The van der Waals surface area contributed by atoms with Gasteiger partial charge in [-0.2, -0.15) is 0 Å². The predicted octanol–water partition coefficient (Wildman–Crippen LogP) is 3.28. The molecule has 1 aromatic carbocycles.